The molecule has 1 aliphatic heterocycles. The van der Waals surface area contributed by atoms with Gasteiger partial charge in [-0.2, -0.15) is 0 Å². The highest BCUT2D eigenvalue weighted by Crippen LogP contribution is 2.32. The summed E-state index contributed by atoms with van der Waals surface area (Å²) in [6.07, 6.45) is 0. The molecule has 33 heavy (non-hydrogen) atoms. The Bertz CT molecular complexity index is 925. The molecular formula is C23H32FIN4O4. The van der Waals surface area contributed by atoms with Crippen molar-refractivity contribution in [2.24, 2.45) is 4.99 Å². The van der Waals surface area contributed by atoms with Crippen molar-refractivity contribution < 1.29 is 23.7 Å². The first-order valence-corrected chi connectivity index (χ1v) is 10.5. The van der Waals surface area contributed by atoms with Crippen LogP contribution in [0.4, 0.5) is 4.39 Å². The van der Waals surface area contributed by atoms with E-state index in [0.717, 1.165) is 18.7 Å². The van der Waals surface area contributed by atoms with Crippen molar-refractivity contribution in [3.8, 4) is 17.2 Å². The van der Waals surface area contributed by atoms with Gasteiger partial charge < -0.3 is 30.0 Å². The number of benzene rings is 2. The number of phenolic OH excluding ortho intramolecular Hbond substituents is 1. The van der Waals surface area contributed by atoms with E-state index in [2.05, 4.69) is 20.5 Å². The van der Waals surface area contributed by atoms with E-state index < -0.39 is 5.82 Å². The molecule has 1 saturated heterocycles. The van der Waals surface area contributed by atoms with Gasteiger partial charge in [-0.25, -0.2) is 4.39 Å². The number of phenols is 1. The molecule has 0 aromatic heterocycles. The Hall–Kier alpha value is -2.31. The van der Waals surface area contributed by atoms with Crippen LogP contribution in [0.15, 0.2) is 41.4 Å². The highest BCUT2D eigenvalue weighted by atomic mass is 127. The van der Waals surface area contributed by atoms with E-state index in [9.17, 15) is 9.50 Å². The SMILES string of the molecule is CN=C(NCc1ccc(O)c(F)c1)NCC(c1ccc(OC)c(OC)c1)N1CCOCC1.I. The van der Waals surface area contributed by atoms with Crippen LogP contribution in [0.2, 0.25) is 0 Å². The van der Waals surface area contributed by atoms with E-state index in [1.165, 1.54) is 12.1 Å². The summed E-state index contributed by atoms with van der Waals surface area (Å²) in [5.74, 6) is 0.952. The number of guanidine groups is 1. The molecule has 1 unspecified atom stereocenters. The molecule has 2 aromatic carbocycles. The van der Waals surface area contributed by atoms with Gasteiger partial charge in [0, 0.05) is 33.2 Å². The fraction of sp³-hybridized carbons (Fsp3) is 0.435. The van der Waals surface area contributed by atoms with Crippen molar-refractivity contribution in [3.05, 3.63) is 53.3 Å². The molecule has 1 atom stereocenters. The second-order valence-corrected chi connectivity index (χ2v) is 7.37. The molecule has 0 aliphatic carbocycles. The molecule has 10 heteroatoms. The first kappa shape index (κ1) is 26.9. The fourth-order valence-corrected chi connectivity index (χ4v) is 3.67. The van der Waals surface area contributed by atoms with E-state index in [0.29, 0.717) is 49.3 Å². The van der Waals surface area contributed by atoms with E-state index in [-0.39, 0.29) is 35.8 Å². The molecule has 1 aliphatic rings. The third-order valence-electron chi connectivity index (χ3n) is 5.44. The normalized spacial score (nSPS) is 15.3. The Kier molecular flexibility index (Phi) is 10.9. The average Bonchev–Trinajstić information content (AvgIpc) is 2.83. The minimum absolute atomic E-state index is 0. The van der Waals surface area contributed by atoms with Crippen molar-refractivity contribution in [2.75, 3.05) is 54.1 Å². The van der Waals surface area contributed by atoms with E-state index in [1.807, 2.05) is 18.2 Å². The number of nitrogens with one attached hydrogen (secondary N) is 2. The van der Waals surface area contributed by atoms with Crippen molar-refractivity contribution in [1.82, 2.24) is 15.5 Å². The zero-order chi connectivity index (χ0) is 22.9. The number of aliphatic imine (C=N–C) groups is 1. The molecule has 0 spiro atoms. The number of methoxy groups -OCH3 is 2. The van der Waals surface area contributed by atoms with E-state index in [4.69, 9.17) is 14.2 Å². The Morgan fingerprint density at radius 1 is 1.12 bits per heavy atom. The maximum Gasteiger partial charge on any atom is 0.191 e. The summed E-state index contributed by atoms with van der Waals surface area (Å²) in [6, 6.07) is 10.3. The number of hydrogen-bond acceptors (Lipinski definition) is 6. The first-order chi connectivity index (χ1) is 15.5. The van der Waals surface area contributed by atoms with Crippen LogP contribution in [-0.2, 0) is 11.3 Å². The van der Waals surface area contributed by atoms with Crippen LogP contribution in [-0.4, -0.2) is 70.1 Å². The van der Waals surface area contributed by atoms with Crippen LogP contribution < -0.4 is 20.1 Å². The summed E-state index contributed by atoms with van der Waals surface area (Å²) < 4.78 is 30.0. The third-order valence-corrected chi connectivity index (χ3v) is 5.44. The van der Waals surface area contributed by atoms with Gasteiger partial charge >= 0.3 is 0 Å². The van der Waals surface area contributed by atoms with Crippen molar-refractivity contribution >= 4 is 29.9 Å². The molecule has 2 aromatic rings. The smallest absolute Gasteiger partial charge is 0.191 e. The monoisotopic (exact) mass is 574 g/mol. The summed E-state index contributed by atoms with van der Waals surface area (Å²) in [6.45, 7) is 3.97. The van der Waals surface area contributed by atoms with Gasteiger partial charge in [0.2, 0.25) is 0 Å². The molecule has 3 rings (SSSR count). The number of morpholine rings is 1. The Balaban J connectivity index is 0.00000385. The molecule has 182 valence electrons. The van der Waals surface area contributed by atoms with Gasteiger partial charge in [0.05, 0.1) is 33.5 Å². The molecular weight excluding hydrogens is 542 g/mol. The van der Waals surface area contributed by atoms with Gasteiger partial charge in [0.25, 0.3) is 0 Å². The Morgan fingerprint density at radius 2 is 1.85 bits per heavy atom. The average molecular weight is 574 g/mol. The van der Waals surface area contributed by atoms with Crippen LogP contribution >= 0.6 is 24.0 Å². The molecule has 0 radical (unpaired) electrons. The fourth-order valence-electron chi connectivity index (χ4n) is 3.67. The minimum Gasteiger partial charge on any atom is -0.505 e. The minimum atomic E-state index is -0.645. The number of rotatable bonds is 8. The van der Waals surface area contributed by atoms with Crippen LogP contribution in [0.3, 0.4) is 0 Å². The zero-order valence-corrected chi connectivity index (χ0v) is 21.5. The highest BCUT2D eigenvalue weighted by Gasteiger charge is 2.24. The lowest BCUT2D eigenvalue weighted by molar-refractivity contribution is 0.0169. The summed E-state index contributed by atoms with van der Waals surface area (Å²) in [5, 5.41) is 15.9. The second-order valence-electron chi connectivity index (χ2n) is 7.37. The van der Waals surface area contributed by atoms with E-state index >= 15 is 0 Å². The van der Waals surface area contributed by atoms with Crippen LogP contribution in [0.5, 0.6) is 17.2 Å². The molecule has 1 heterocycles. The lowest BCUT2D eigenvalue weighted by atomic mass is 10.0. The number of nitrogens with zero attached hydrogens (tertiary/aromatic N) is 2. The van der Waals surface area contributed by atoms with Crippen LogP contribution in [0.1, 0.15) is 17.2 Å². The van der Waals surface area contributed by atoms with Gasteiger partial charge in [-0.15, -0.1) is 24.0 Å². The maximum atomic E-state index is 13.6. The number of halogens is 2. The quantitative estimate of drug-likeness (QED) is 0.254. The van der Waals surface area contributed by atoms with Gasteiger partial charge in [-0.1, -0.05) is 12.1 Å². The maximum absolute atomic E-state index is 13.6. The predicted octanol–water partition coefficient (Wildman–Crippen LogP) is 2.91. The van der Waals surface area contributed by atoms with Gasteiger partial charge in [0.1, 0.15) is 0 Å². The standard InChI is InChI=1S/C23H31FN4O4.HI/c1-25-23(26-14-16-4-6-20(29)18(24)12-16)27-15-19(28-8-10-32-11-9-28)17-5-7-21(30-2)22(13-17)31-3;/h4-7,12-13,19,29H,8-11,14-15H2,1-3H3,(H2,25,26,27);1H. The lowest BCUT2D eigenvalue weighted by Crippen LogP contribution is -2.46. The van der Waals surface area contributed by atoms with Gasteiger partial charge in [0.15, 0.2) is 29.0 Å². The number of aromatic hydroxyl groups is 1. The Morgan fingerprint density at radius 3 is 2.48 bits per heavy atom. The molecule has 3 N–H and O–H groups in total. The van der Waals surface area contributed by atoms with Gasteiger partial charge in [-0.3, -0.25) is 9.89 Å². The number of ether oxygens (including phenoxy) is 3. The van der Waals surface area contributed by atoms with Crippen molar-refractivity contribution in [2.45, 2.75) is 12.6 Å². The molecule has 0 bridgehead atoms. The molecule has 0 saturated carbocycles. The molecule has 8 nitrogen and oxygen atoms in total. The topological polar surface area (TPSA) is 87.6 Å². The Labute approximate surface area is 211 Å². The first-order valence-electron chi connectivity index (χ1n) is 10.5. The van der Waals surface area contributed by atoms with Gasteiger partial charge in [-0.05, 0) is 35.4 Å². The van der Waals surface area contributed by atoms with Crippen molar-refractivity contribution in [1.29, 1.82) is 0 Å². The second kappa shape index (κ2) is 13.4. The highest BCUT2D eigenvalue weighted by molar-refractivity contribution is 14.0. The molecule has 0 amide bonds. The largest absolute Gasteiger partial charge is 0.505 e. The van der Waals surface area contributed by atoms with Crippen molar-refractivity contribution in [3.63, 3.8) is 0 Å². The van der Waals surface area contributed by atoms with Crippen LogP contribution in [0.25, 0.3) is 0 Å². The third kappa shape index (κ3) is 7.34. The van der Waals surface area contributed by atoms with Crippen LogP contribution in [0, 0.1) is 5.82 Å². The molecule has 1 fully saturated rings. The lowest BCUT2D eigenvalue weighted by Gasteiger charge is -2.35. The zero-order valence-electron chi connectivity index (χ0n) is 19.1. The summed E-state index contributed by atoms with van der Waals surface area (Å²) in [7, 11) is 4.93. The summed E-state index contributed by atoms with van der Waals surface area (Å²) in [5.41, 5.74) is 1.79. The summed E-state index contributed by atoms with van der Waals surface area (Å²) >= 11 is 0. The summed E-state index contributed by atoms with van der Waals surface area (Å²) in [4.78, 5) is 6.64. The predicted molar refractivity (Wildman–Crippen MR) is 136 cm³/mol. The number of hydrogen-bond donors (Lipinski definition) is 3. The van der Waals surface area contributed by atoms with E-state index in [1.54, 1.807) is 27.3 Å².